The van der Waals surface area contributed by atoms with Crippen LogP contribution in [0.5, 0.6) is 0 Å². The van der Waals surface area contributed by atoms with Crippen LogP contribution in [0.1, 0.15) is 15.9 Å². The molecular weight excluding hydrogens is 314 g/mol. The van der Waals surface area contributed by atoms with Crippen molar-refractivity contribution in [3.05, 3.63) is 46.0 Å². The molecule has 23 heavy (non-hydrogen) atoms. The van der Waals surface area contributed by atoms with Gasteiger partial charge in [0.25, 0.3) is 11.5 Å². The molecule has 0 bridgehead atoms. The van der Waals surface area contributed by atoms with Gasteiger partial charge in [0.05, 0.1) is 17.4 Å². The Morgan fingerprint density at radius 3 is 3.13 bits per heavy atom. The van der Waals surface area contributed by atoms with E-state index in [1.165, 1.54) is 18.0 Å². The molecule has 1 amide bonds. The van der Waals surface area contributed by atoms with E-state index in [-0.39, 0.29) is 11.1 Å². The molecule has 3 aromatic rings. The van der Waals surface area contributed by atoms with Crippen molar-refractivity contribution in [3.63, 3.8) is 0 Å². The molecule has 0 saturated carbocycles. The number of thioether (sulfide) groups is 1. The average molecular weight is 327 g/mol. The van der Waals surface area contributed by atoms with Gasteiger partial charge < -0.3 is 5.32 Å². The third-order valence-electron chi connectivity index (χ3n) is 3.88. The van der Waals surface area contributed by atoms with Gasteiger partial charge in [-0.2, -0.15) is 5.10 Å². The molecule has 0 aliphatic carbocycles. The fourth-order valence-corrected chi connectivity index (χ4v) is 3.55. The summed E-state index contributed by atoms with van der Waals surface area (Å²) in [4.78, 5) is 29.1. The Labute approximate surface area is 135 Å². The number of aromatic nitrogens is 4. The molecule has 0 atom stereocenters. The van der Waals surface area contributed by atoms with Crippen LogP contribution in [0.4, 0.5) is 5.69 Å². The van der Waals surface area contributed by atoms with Crippen molar-refractivity contribution < 1.29 is 4.79 Å². The van der Waals surface area contributed by atoms with E-state index < -0.39 is 5.91 Å². The molecule has 4 rings (SSSR count). The topological polar surface area (TPSA) is 92.7 Å². The number of aromatic amines is 1. The molecule has 1 aliphatic rings. The summed E-state index contributed by atoms with van der Waals surface area (Å²) in [6.45, 7) is 2.56. The number of nitrogens with one attached hydrogen (secondary N) is 2. The second-order valence-corrected chi connectivity index (χ2v) is 6.36. The van der Waals surface area contributed by atoms with E-state index in [0.29, 0.717) is 17.4 Å². The number of carbonyl (C=O) groups is 1. The van der Waals surface area contributed by atoms with E-state index in [1.807, 2.05) is 13.0 Å². The zero-order valence-corrected chi connectivity index (χ0v) is 13.1. The molecule has 2 N–H and O–H groups in total. The third-order valence-corrected chi connectivity index (χ3v) is 4.85. The van der Waals surface area contributed by atoms with Gasteiger partial charge in [-0.05, 0) is 18.6 Å². The molecule has 0 radical (unpaired) electrons. The zero-order chi connectivity index (χ0) is 16.0. The standard InChI is InChI=1S/C15H13N5O2S/c1-8-2-3-11(12-9(8)7-17-19-12)18-13(21)10-6-16-15-20(14(10)22)4-5-23-15/h2-3,6-7H,4-5H2,1H3,(H,17,19)(H,18,21). The summed E-state index contributed by atoms with van der Waals surface area (Å²) in [5, 5.41) is 11.3. The fourth-order valence-electron chi connectivity index (χ4n) is 2.64. The highest BCUT2D eigenvalue weighted by Gasteiger charge is 2.20. The third kappa shape index (κ3) is 2.22. The van der Waals surface area contributed by atoms with Gasteiger partial charge in [0, 0.05) is 23.9 Å². The summed E-state index contributed by atoms with van der Waals surface area (Å²) < 4.78 is 1.54. The lowest BCUT2D eigenvalue weighted by Gasteiger charge is -2.08. The van der Waals surface area contributed by atoms with Gasteiger partial charge in [-0.3, -0.25) is 19.3 Å². The zero-order valence-electron chi connectivity index (χ0n) is 12.3. The summed E-state index contributed by atoms with van der Waals surface area (Å²) in [5.41, 5.74) is 2.13. The van der Waals surface area contributed by atoms with Crippen molar-refractivity contribution in [2.24, 2.45) is 0 Å². The quantitative estimate of drug-likeness (QED) is 0.700. The minimum absolute atomic E-state index is 0.0458. The molecule has 8 heteroatoms. The number of aryl methyl sites for hydroxylation is 1. The van der Waals surface area contributed by atoms with Crippen LogP contribution in [-0.4, -0.2) is 31.4 Å². The number of benzene rings is 1. The van der Waals surface area contributed by atoms with Crippen molar-refractivity contribution in [3.8, 4) is 0 Å². The van der Waals surface area contributed by atoms with Gasteiger partial charge in [0.15, 0.2) is 5.16 Å². The van der Waals surface area contributed by atoms with Crippen molar-refractivity contribution >= 4 is 34.3 Å². The molecule has 1 aliphatic heterocycles. The molecule has 0 unspecified atom stereocenters. The van der Waals surface area contributed by atoms with E-state index in [2.05, 4.69) is 20.5 Å². The minimum Gasteiger partial charge on any atom is -0.320 e. The molecule has 0 spiro atoms. The summed E-state index contributed by atoms with van der Waals surface area (Å²) in [7, 11) is 0. The summed E-state index contributed by atoms with van der Waals surface area (Å²) in [6.07, 6.45) is 3.06. The number of fused-ring (bicyclic) bond motifs is 2. The van der Waals surface area contributed by atoms with Crippen LogP contribution in [0.25, 0.3) is 10.9 Å². The monoisotopic (exact) mass is 327 g/mol. The van der Waals surface area contributed by atoms with Gasteiger partial charge in [-0.15, -0.1) is 0 Å². The van der Waals surface area contributed by atoms with Crippen LogP contribution < -0.4 is 10.9 Å². The lowest BCUT2D eigenvalue weighted by atomic mass is 10.1. The molecule has 0 fully saturated rings. The number of nitrogens with zero attached hydrogens (tertiary/aromatic N) is 3. The summed E-state index contributed by atoms with van der Waals surface area (Å²) >= 11 is 1.52. The highest BCUT2D eigenvalue weighted by molar-refractivity contribution is 7.99. The van der Waals surface area contributed by atoms with Crippen LogP contribution in [0, 0.1) is 6.92 Å². The van der Waals surface area contributed by atoms with Gasteiger partial charge in [0.2, 0.25) is 0 Å². The van der Waals surface area contributed by atoms with Crippen LogP contribution in [-0.2, 0) is 6.54 Å². The van der Waals surface area contributed by atoms with E-state index >= 15 is 0 Å². The summed E-state index contributed by atoms with van der Waals surface area (Å²) in [5.74, 6) is 0.342. The van der Waals surface area contributed by atoms with Crippen molar-refractivity contribution in [2.45, 2.75) is 18.6 Å². The van der Waals surface area contributed by atoms with Crippen LogP contribution in [0.3, 0.4) is 0 Å². The molecule has 2 aromatic heterocycles. The van der Waals surface area contributed by atoms with E-state index in [0.717, 1.165) is 22.2 Å². The number of rotatable bonds is 2. The first-order valence-electron chi connectivity index (χ1n) is 7.12. The Balaban J connectivity index is 1.72. The fraction of sp³-hybridized carbons (Fsp3) is 0.200. The first-order valence-corrected chi connectivity index (χ1v) is 8.10. The number of anilines is 1. The lowest BCUT2D eigenvalue weighted by molar-refractivity contribution is 0.102. The number of amides is 1. The van der Waals surface area contributed by atoms with Crippen molar-refractivity contribution in [2.75, 3.05) is 11.1 Å². The molecule has 0 saturated heterocycles. The van der Waals surface area contributed by atoms with Crippen LogP contribution in [0.2, 0.25) is 0 Å². The number of H-pyrrole nitrogens is 1. The van der Waals surface area contributed by atoms with E-state index in [1.54, 1.807) is 16.8 Å². The minimum atomic E-state index is -0.463. The Kier molecular flexibility index (Phi) is 3.19. The maximum absolute atomic E-state index is 12.5. The Morgan fingerprint density at radius 2 is 2.26 bits per heavy atom. The molecule has 7 nitrogen and oxygen atoms in total. The maximum atomic E-state index is 12.5. The second-order valence-electron chi connectivity index (χ2n) is 5.30. The molecule has 1 aromatic carbocycles. The second kappa shape index (κ2) is 5.24. The lowest BCUT2D eigenvalue weighted by Crippen LogP contribution is -2.29. The first kappa shape index (κ1) is 14.0. The van der Waals surface area contributed by atoms with Crippen LogP contribution >= 0.6 is 11.8 Å². The van der Waals surface area contributed by atoms with Crippen molar-refractivity contribution in [1.82, 2.24) is 19.7 Å². The van der Waals surface area contributed by atoms with Gasteiger partial charge >= 0.3 is 0 Å². The predicted molar refractivity (Wildman–Crippen MR) is 88.0 cm³/mol. The normalized spacial score (nSPS) is 13.3. The Bertz CT molecular complexity index is 991. The van der Waals surface area contributed by atoms with Gasteiger partial charge in [-0.25, -0.2) is 4.98 Å². The number of carbonyl (C=O) groups excluding carboxylic acids is 1. The Morgan fingerprint density at radius 1 is 1.39 bits per heavy atom. The van der Waals surface area contributed by atoms with E-state index in [9.17, 15) is 9.59 Å². The molecular formula is C15H13N5O2S. The van der Waals surface area contributed by atoms with E-state index in [4.69, 9.17) is 0 Å². The average Bonchev–Trinajstić information content (AvgIpc) is 3.19. The summed E-state index contributed by atoms with van der Waals surface area (Å²) in [6, 6.07) is 3.69. The predicted octanol–water partition coefficient (Wildman–Crippen LogP) is 1.79. The Hall–Kier alpha value is -2.61. The van der Waals surface area contributed by atoms with Crippen LogP contribution in [0.15, 0.2) is 34.5 Å². The molecule has 3 heterocycles. The largest absolute Gasteiger partial charge is 0.320 e. The SMILES string of the molecule is Cc1ccc(NC(=O)c2cnc3n(c2=O)CCS3)c2[nH]ncc12. The smallest absolute Gasteiger partial charge is 0.267 e. The van der Waals surface area contributed by atoms with Gasteiger partial charge in [0.1, 0.15) is 5.56 Å². The first-order chi connectivity index (χ1) is 11.1. The van der Waals surface area contributed by atoms with Crippen molar-refractivity contribution in [1.29, 1.82) is 0 Å². The maximum Gasteiger partial charge on any atom is 0.267 e. The number of hydrogen-bond donors (Lipinski definition) is 2. The van der Waals surface area contributed by atoms with Gasteiger partial charge in [-0.1, -0.05) is 17.8 Å². The highest BCUT2D eigenvalue weighted by Crippen LogP contribution is 2.25. The number of hydrogen-bond acceptors (Lipinski definition) is 5. The highest BCUT2D eigenvalue weighted by atomic mass is 32.2. The molecule has 116 valence electrons.